The van der Waals surface area contributed by atoms with E-state index in [9.17, 15) is 19.8 Å². The molecule has 8 nitrogen and oxygen atoms in total. The number of carbonyl (C=O) groups excluding carboxylic acids is 2. The highest BCUT2D eigenvalue weighted by Crippen LogP contribution is 2.35. The highest BCUT2D eigenvalue weighted by atomic mass is 16.8. The van der Waals surface area contributed by atoms with Gasteiger partial charge < -0.3 is 30.3 Å². The van der Waals surface area contributed by atoms with Crippen molar-refractivity contribution in [2.45, 2.75) is 84.5 Å². The van der Waals surface area contributed by atoms with E-state index in [1.54, 1.807) is 0 Å². The van der Waals surface area contributed by atoms with Gasteiger partial charge in [-0.3, -0.25) is 9.59 Å². The fraction of sp³-hybridized carbons (Fsp3) is 0.895. The Morgan fingerprint density at radius 2 is 1.19 bits per heavy atom. The van der Waals surface area contributed by atoms with Gasteiger partial charge in [-0.15, -0.1) is 0 Å². The monoisotopic (exact) mass is 388 g/mol. The summed E-state index contributed by atoms with van der Waals surface area (Å²) in [6, 6.07) is -0.882. The molecular weight excluding hydrogens is 352 g/mol. The third-order valence-corrected chi connectivity index (χ3v) is 5.21. The van der Waals surface area contributed by atoms with Crippen LogP contribution < -0.4 is 10.6 Å². The lowest BCUT2D eigenvalue weighted by Gasteiger charge is -2.25. The van der Waals surface area contributed by atoms with Gasteiger partial charge in [-0.25, -0.2) is 0 Å². The van der Waals surface area contributed by atoms with Crippen molar-refractivity contribution in [2.75, 3.05) is 13.2 Å². The number of ether oxygens (including phenoxy) is 2. The average Bonchev–Trinajstić information content (AvgIpc) is 3.04. The van der Waals surface area contributed by atoms with Gasteiger partial charge in [0.2, 0.25) is 0 Å². The van der Waals surface area contributed by atoms with Crippen molar-refractivity contribution in [3.05, 3.63) is 0 Å². The van der Waals surface area contributed by atoms with E-state index < -0.39 is 41.9 Å². The number of rotatable bonds is 10. The van der Waals surface area contributed by atoms with Crippen LogP contribution in [0, 0.1) is 11.8 Å². The van der Waals surface area contributed by atoms with Gasteiger partial charge in [0.05, 0.1) is 25.3 Å². The first kappa shape index (κ1) is 23.8. The van der Waals surface area contributed by atoms with E-state index in [1.165, 1.54) is 0 Å². The number of amides is 2. The Bertz CT molecular complexity index is 453. The zero-order chi connectivity index (χ0) is 20.8. The normalized spacial score (nSPS) is 24.1. The Hall–Kier alpha value is -1.22. The first-order valence-corrected chi connectivity index (χ1v) is 9.82. The first-order chi connectivity index (χ1) is 12.6. The molecule has 0 aliphatic carbocycles. The molecule has 0 aromatic heterocycles. The van der Waals surface area contributed by atoms with Gasteiger partial charge in [0, 0.05) is 0 Å². The van der Waals surface area contributed by atoms with E-state index in [-0.39, 0.29) is 25.0 Å². The molecule has 158 valence electrons. The predicted octanol–water partition coefficient (Wildman–Crippen LogP) is 0.553. The number of carbonyl (C=O) groups is 2. The molecule has 2 amide bonds. The van der Waals surface area contributed by atoms with Crippen LogP contribution in [0.3, 0.4) is 0 Å². The minimum atomic E-state index is -1.12. The van der Waals surface area contributed by atoms with E-state index in [0.29, 0.717) is 12.8 Å². The highest BCUT2D eigenvalue weighted by Gasteiger charge is 2.52. The molecule has 4 atom stereocenters. The Labute approximate surface area is 162 Å². The summed E-state index contributed by atoms with van der Waals surface area (Å²) in [5, 5.41) is 24.4. The topological polar surface area (TPSA) is 117 Å². The summed E-state index contributed by atoms with van der Waals surface area (Å²) >= 11 is 0. The molecule has 4 N–H and O–H groups in total. The van der Waals surface area contributed by atoms with Crippen LogP contribution in [0.4, 0.5) is 0 Å². The minimum absolute atomic E-state index is 0.0235. The maximum atomic E-state index is 12.8. The predicted molar refractivity (Wildman–Crippen MR) is 101 cm³/mol. The minimum Gasteiger partial charge on any atom is -0.394 e. The number of nitrogens with one attached hydrogen (secondary N) is 2. The van der Waals surface area contributed by atoms with Gasteiger partial charge >= 0.3 is 0 Å². The van der Waals surface area contributed by atoms with E-state index in [0.717, 1.165) is 0 Å². The van der Waals surface area contributed by atoms with E-state index in [2.05, 4.69) is 10.6 Å². The lowest BCUT2D eigenvalue weighted by Crippen LogP contribution is -2.54. The second kappa shape index (κ2) is 10.4. The second-order valence-corrected chi connectivity index (χ2v) is 7.78. The van der Waals surface area contributed by atoms with E-state index >= 15 is 0 Å². The largest absolute Gasteiger partial charge is 0.394 e. The van der Waals surface area contributed by atoms with Crippen LogP contribution >= 0.6 is 0 Å². The SMILES string of the molecule is CCC1(CC)O[C@@H](C(=O)N[C@H](CO)C(C)C)[C@H](C(=O)N[C@H](CO)C(C)C)O1. The lowest BCUT2D eigenvalue weighted by atomic mass is 10.0. The average molecular weight is 389 g/mol. The van der Waals surface area contributed by atoms with Gasteiger partial charge in [0.1, 0.15) is 0 Å². The first-order valence-electron chi connectivity index (χ1n) is 9.82. The maximum Gasteiger partial charge on any atom is 0.252 e. The molecule has 0 aromatic carbocycles. The van der Waals surface area contributed by atoms with Gasteiger partial charge in [-0.2, -0.15) is 0 Å². The summed E-state index contributed by atoms with van der Waals surface area (Å²) in [6.45, 7) is 10.9. The summed E-state index contributed by atoms with van der Waals surface area (Å²) in [7, 11) is 0. The molecule has 0 spiro atoms. The summed E-state index contributed by atoms with van der Waals surface area (Å²) in [6.07, 6.45) is -1.27. The number of aliphatic hydroxyl groups excluding tert-OH is 2. The van der Waals surface area contributed by atoms with Crippen molar-refractivity contribution >= 4 is 11.8 Å². The van der Waals surface area contributed by atoms with E-state index in [1.807, 2.05) is 41.5 Å². The Morgan fingerprint density at radius 3 is 1.41 bits per heavy atom. The zero-order valence-electron chi connectivity index (χ0n) is 17.3. The number of aliphatic hydroxyl groups is 2. The summed E-state index contributed by atoms with van der Waals surface area (Å²) in [5.74, 6) is -1.94. The summed E-state index contributed by atoms with van der Waals surface area (Å²) < 4.78 is 11.8. The van der Waals surface area contributed by atoms with E-state index in [4.69, 9.17) is 9.47 Å². The molecule has 1 aliphatic rings. The lowest BCUT2D eigenvalue weighted by molar-refractivity contribution is -0.184. The summed E-state index contributed by atoms with van der Waals surface area (Å²) in [4.78, 5) is 25.6. The molecule has 1 aliphatic heterocycles. The van der Waals surface area contributed by atoms with Gasteiger partial charge in [-0.05, 0) is 24.7 Å². The Balaban J connectivity index is 3.02. The molecule has 1 fully saturated rings. The molecule has 0 radical (unpaired) electrons. The number of hydrogen-bond donors (Lipinski definition) is 4. The van der Waals surface area contributed by atoms with Crippen LogP contribution in [-0.2, 0) is 19.1 Å². The Kier molecular flexibility index (Phi) is 9.14. The Morgan fingerprint density at radius 1 is 0.852 bits per heavy atom. The maximum absolute atomic E-state index is 12.8. The van der Waals surface area contributed by atoms with Crippen LogP contribution in [0.25, 0.3) is 0 Å². The molecule has 27 heavy (non-hydrogen) atoms. The standard InChI is InChI=1S/C19H36N2O6/c1-7-19(8-2)26-15(17(24)20-13(9-22)11(3)4)16(27-19)18(25)21-14(10-23)12(5)6/h11-16,22-23H,7-10H2,1-6H3,(H,20,24)(H,21,25)/t13-,14-,15-,16-/m1/s1. The van der Waals surface area contributed by atoms with Crippen molar-refractivity contribution in [3.63, 3.8) is 0 Å². The molecule has 0 unspecified atom stereocenters. The molecule has 1 rings (SSSR count). The number of hydrogen-bond acceptors (Lipinski definition) is 6. The molecule has 0 bridgehead atoms. The zero-order valence-corrected chi connectivity index (χ0v) is 17.3. The molecule has 0 aromatic rings. The van der Waals surface area contributed by atoms with Gasteiger partial charge in [0.15, 0.2) is 18.0 Å². The molecule has 1 saturated heterocycles. The van der Waals surface area contributed by atoms with Crippen LogP contribution in [-0.4, -0.2) is 65.3 Å². The smallest absolute Gasteiger partial charge is 0.252 e. The van der Waals surface area contributed by atoms with Crippen molar-refractivity contribution in [2.24, 2.45) is 11.8 Å². The van der Waals surface area contributed by atoms with Crippen molar-refractivity contribution in [1.29, 1.82) is 0 Å². The van der Waals surface area contributed by atoms with Crippen LogP contribution in [0.5, 0.6) is 0 Å². The van der Waals surface area contributed by atoms with Crippen LogP contribution in [0.1, 0.15) is 54.4 Å². The van der Waals surface area contributed by atoms with Crippen molar-refractivity contribution < 1.29 is 29.3 Å². The molecule has 8 heteroatoms. The third-order valence-electron chi connectivity index (χ3n) is 5.21. The van der Waals surface area contributed by atoms with Crippen LogP contribution in [0.2, 0.25) is 0 Å². The fourth-order valence-electron chi connectivity index (χ4n) is 2.96. The summed E-state index contributed by atoms with van der Waals surface area (Å²) in [5.41, 5.74) is 0. The quantitative estimate of drug-likeness (QED) is 0.434. The fourth-order valence-corrected chi connectivity index (χ4v) is 2.96. The van der Waals surface area contributed by atoms with Crippen LogP contribution in [0.15, 0.2) is 0 Å². The van der Waals surface area contributed by atoms with Crippen molar-refractivity contribution in [1.82, 2.24) is 10.6 Å². The van der Waals surface area contributed by atoms with Gasteiger partial charge in [-0.1, -0.05) is 41.5 Å². The van der Waals surface area contributed by atoms with Gasteiger partial charge in [0.25, 0.3) is 11.8 Å². The van der Waals surface area contributed by atoms with Crippen molar-refractivity contribution in [3.8, 4) is 0 Å². The molecule has 0 saturated carbocycles. The molecular formula is C19H36N2O6. The molecule has 1 heterocycles. The second-order valence-electron chi connectivity index (χ2n) is 7.78. The highest BCUT2D eigenvalue weighted by molar-refractivity contribution is 5.91. The third kappa shape index (κ3) is 5.88.